The normalized spacial score (nSPS) is 11.8. The molecule has 0 saturated heterocycles. The molecule has 2 aromatic carbocycles. The van der Waals surface area contributed by atoms with Crippen LogP contribution in [0.1, 0.15) is 24.9 Å². The summed E-state index contributed by atoms with van der Waals surface area (Å²) < 4.78 is 53.1. The Bertz CT molecular complexity index is 1390. The predicted molar refractivity (Wildman–Crippen MR) is 135 cm³/mol. The number of anilines is 1. The minimum Gasteiger partial charge on any atom is -0.505 e. The van der Waals surface area contributed by atoms with Gasteiger partial charge in [-0.3, -0.25) is 9.59 Å². The van der Waals surface area contributed by atoms with Crippen LogP contribution in [0.4, 0.5) is 23.7 Å². The zero-order valence-corrected chi connectivity index (χ0v) is 21.2. The summed E-state index contributed by atoms with van der Waals surface area (Å²) in [6.45, 7) is 1.73. The third kappa shape index (κ3) is 7.66. The van der Waals surface area contributed by atoms with Crippen molar-refractivity contribution in [1.29, 1.82) is 0 Å². The minimum absolute atomic E-state index is 0.103. The molecule has 2 amide bonds. The van der Waals surface area contributed by atoms with E-state index in [-0.39, 0.29) is 18.7 Å². The van der Waals surface area contributed by atoms with Crippen LogP contribution in [-0.2, 0) is 16.6 Å². The zero-order chi connectivity index (χ0) is 28.7. The quantitative estimate of drug-likeness (QED) is 0.336. The number of aromatic hydroxyl groups is 1. The molecule has 1 heterocycles. The SMILES string of the molecule is CCOC(=O)C[C@H](NC(=O)Nc1c(O)ccn(C)c1=O)c1ccc(OC)c(-c2ccc(OC(F)(F)F)cc2)c1. The second-order valence-corrected chi connectivity index (χ2v) is 8.18. The van der Waals surface area contributed by atoms with Gasteiger partial charge < -0.3 is 34.5 Å². The van der Waals surface area contributed by atoms with E-state index in [0.717, 1.165) is 16.7 Å². The summed E-state index contributed by atoms with van der Waals surface area (Å²) in [6.07, 6.45) is -3.80. The van der Waals surface area contributed by atoms with Crippen molar-refractivity contribution in [2.75, 3.05) is 19.0 Å². The van der Waals surface area contributed by atoms with Crippen LogP contribution in [0.5, 0.6) is 17.2 Å². The van der Waals surface area contributed by atoms with Gasteiger partial charge in [-0.2, -0.15) is 0 Å². The Morgan fingerprint density at radius 2 is 1.79 bits per heavy atom. The fraction of sp³-hybridized carbons (Fsp3) is 0.269. The van der Waals surface area contributed by atoms with Gasteiger partial charge in [-0.05, 0) is 48.4 Å². The number of urea groups is 1. The topological polar surface area (TPSA) is 128 Å². The first-order chi connectivity index (χ1) is 18.4. The van der Waals surface area contributed by atoms with Crippen LogP contribution in [0.2, 0.25) is 0 Å². The number of hydrogen-bond acceptors (Lipinski definition) is 7. The number of amides is 2. The first-order valence-electron chi connectivity index (χ1n) is 11.6. The molecule has 13 heteroatoms. The summed E-state index contributed by atoms with van der Waals surface area (Å²) in [6, 6.07) is 9.23. The highest BCUT2D eigenvalue weighted by molar-refractivity contribution is 5.91. The van der Waals surface area contributed by atoms with E-state index in [2.05, 4.69) is 15.4 Å². The van der Waals surface area contributed by atoms with E-state index in [9.17, 15) is 32.7 Å². The maximum absolute atomic E-state index is 12.8. The molecule has 0 aliphatic rings. The van der Waals surface area contributed by atoms with Crippen LogP contribution in [0.3, 0.4) is 0 Å². The van der Waals surface area contributed by atoms with Crippen LogP contribution in [0.25, 0.3) is 11.1 Å². The number of halogens is 3. The van der Waals surface area contributed by atoms with Gasteiger partial charge in [0.15, 0.2) is 5.69 Å². The highest BCUT2D eigenvalue weighted by atomic mass is 19.4. The molecule has 0 aliphatic carbocycles. The minimum atomic E-state index is -4.84. The Labute approximate surface area is 220 Å². The van der Waals surface area contributed by atoms with Crippen molar-refractivity contribution in [2.24, 2.45) is 7.05 Å². The molecule has 0 bridgehead atoms. The number of alkyl halides is 3. The Morgan fingerprint density at radius 3 is 2.41 bits per heavy atom. The van der Waals surface area contributed by atoms with E-state index in [1.54, 1.807) is 25.1 Å². The number of pyridine rings is 1. The average Bonchev–Trinajstić information content (AvgIpc) is 2.88. The Hall–Kier alpha value is -4.68. The van der Waals surface area contributed by atoms with E-state index in [1.165, 1.54) is 38.6 Å². The summed E-state index contributed by atoms with van der Waals surface area (Å²) in [5.41, 5.74) is 0.343. The molecule has 39 heavy (non-hydrogen) atoms. The maximum Gasteiger partial charge on any atom is 0.573 e. The molecule has 1 aromatic heterocycles. The van der Waals surface area contributed by atoms with Crippen LogP contribution in [-0.4, -0.2) is 41.8 Å². The molecule has 10 nitrogen and oxygen atoms in total. The third-order valence-corrected chi connectivity index (χ3v) is 5.49. The summed E-state index contributed by atoms with van der Waals surface area (Å²) in [5.74, 6) is -1.09. The van der Waals surface area contributed by atoms with Gasteiger partial charge in [0, 0.05) is 18.8 Å². The van der Waals surface area contributed by atoms with Crippen molar-refractivity contribution >= 4 is 17.7 Å². The van der Waals surface area contributed by atoms with E-state index in [0.29, 0.717) is 22.4 Å². The average molecular weight is 550 g/mol. The number of ether oxygens (including phenoxy) is 3. The van der Waals surface area contributed by atoms with Gasteiger partial charge in [0.1, 0.15) is 17.2 Å². The van der Waals surface area contributed by atoms with Crippen molar-refractivity contribution in [3.8, 4) is 28.4 Å². The fourth-order valence-corrected chi connectivity index (χ4v) is 3.69. The van der Waals surface area contributed by atoms with Crippen molar-refractivity contribution in [3.05, 3.63) is 70.6 Å². The number of methoxy groups -OCH3 is 1. The van der Waals surface area contributed by atoms with E-state index < -0.39 is 41.5 Å². The molecule has 0 saturated carbocycles. The van der Waals surface area contributed by atoms with Crippen LogP contribution in [0.15, 0.2) is 59.5 Å². The van der Waals surface area contributed by atoms with Gasteiger partial charge >= 0.3 is 18.4 Å². The molecule has 0 aliphatic heterocycles. The lowest BCUT2D eigenvalue weighted by Gasteiger charge is -2.21. The van der Waals surface area contributed by atoms with Crippen LogP contribution in [0, 0.1) is 0 Å². The smallest absolute Gasteiger partial charge is 0.505 e. The number of aromatic nitrogens is 1. The van der Waals surface area contributed by atoms with Gasteiger partial charge in [0.05, 0.1) is 26.2 Å². The Balaban J connectivity index is 1.94. The van der Waals surface area contributed by atoms with Crippen molar-refractivity contribution in [3.63, 3.8) is 0 Å². The van der Waals surface area contributed by atoms with E-state index >= 15 is 0 Å². The fourth-order valence-electron chi connectivity index (χ4n) is 3.69. The Morgan fingerprint density at radius 1 is 1.10 bits per heavy atom. The second kappa shape index (κ2) is 12.2. The molecule has 0 radical (unpaired) electrons. The molecule has 0 fully saturated rings. The second-order valence-electron chi connectivity index (χ2n) is 8.18. The maximum atomic E-state index is 12.8. The Kier molecular flexibility index (Phi) is 9.07. The van der Waals surface area contributed by atoms with Gasteiger partial charge in [-0.1, -0.05) is 18.2 Å². The molecule has 0 unspecified atom stereocenters. The van der Waals surface area contributed by atoms with Crippen molar-refractivity contribution < 1.29 is 42.1 Å². The van der Waals surface area contributed by atoms with Gasteiger partial charge in [0.25, 0.3) is 5.56 Å². The van der Waals surface area contributed by atoms with E-state index in [1.807, 2.05) is 0 Å². The number of hydrogen-bond donors (Lipinski definition) is 3. The first kappa shape index (κ1) is 28.9. The third-order valence-electron chi connectivity index (χ3n) is 5.49. The van der Waals surface area contributed by atoms with Crippen molar-refractivity contribution in [2.45, 2.75) is 25.7 Å². The lowest BCUT2D eigenvalue weighted by molar-refractivity contribution is -0.274. The molecule has 1 atom stereocenters. The highest BCUT2D eigenvalue weighted by Crippen LogP contribution is 2.35. The number of nitrogens with one attached hydrogen (secondary N) is 2. The standard InChI is InChI=1S/C26H26F3N3O7/c1-4-38-22(34)14-19(30-25(36)31-23-20(33)11-12-32(2)24(23)35)16-7-10-21(37-3)18(13-16)15-5-8-17(9-6-15)39-26(27,28)29/h5-13,19,33H,4,14H2,1-3H3,(H2,30,31,36)/t19-/m0/s1. The monoisotopic (exact) mass is 549 g/mol. The number of aryl methyl sites for hydroxylation is 1. The van der Waals surface area contributed by atoms with Crippen molar-refractivity contribution in [1.82, 2.24) is 9.88 Å². The molecular formula is C26H26F3N3O7. The summed E-state index contributed by atoms with van der Waals surface area (Å²) in [4.78, 5) is 37.5. The number of nitrogens with zero attached hydrogens (tertiary/aromatic N) is 1. The molecule has 0 spiro atoms. The predicted octanol–water partition coefficient (Wildman–Crippen LogP) is 4.48. The number of esters is 1. The summed E-state index contributed by atoms with van der Waals surface area (Å²) in [7, 11) is 2.85. The van der Waals surface area contributed by atoms with Gasteiger partial charge in [-0.25, -0.2) is 4.79 Å². The van der Waals surface area contributed by atoms with Crippen LogP contribution >= 0.6 is 0 Å². The van der Waals surface area contributed by atoms with E-state index in [4.69, 9.17) is 9.47 Å². The first-order valence-corrected chi connectivity index (χ1v) is 11.6. The van der Waals surface area contributed by atoms with Crippen LogP contribution < -0.4 is 25.7 Å². The molecule has 208 valence electrons. The van der Waals surface area contributed by atoms with Gasteiger partial charge in [-0.15, -0.1) is 13.2 Å². The highest BCUT2D eigenvalue weighted by Gasteiger charge is 2.31. The lowest BCUT2D eigenvalue weighted by atomic mass is 9.97. The molecule has 3 aromatic rings. The molecular weight excluding hydrogens is 523 g/mol. The number of benzene rings is 2. The lowest BCUT2D eigenvalue weighted by Crippen LogP contribution is -2.36. The summed E-state index contributed by atoms with van der Waals surface area (Å²) in [5, 5.41) is 14.9. The zero-order valence-electron chi connectivity index (χ0n) is 21.2. The molecule has 3 N–H and O–H groups in total. The molecule has 3 rings (SSSR count). The van der Waals surface area contributed by atoms with Gasteiger partial charge in [0.2, 0.25) is 0 Å². The number of rotatable bonds is 9. The summed E-state index contributed by atoms with van der Waals surface area (Å²) >= 11 is 0. The number of carbonyl (C=O) groups is 2. The largest absolute Gasteiger partial charge is 0.573 e. The number of carbonyl (C=O) groups excluding carboxylic acids is 2.